The summed E-state index contributed by atoms with van der Waals surface area (Å²) in [4.78, 5) is 40.5. The number of nitrogens with one attached hydrogen (secondary N) is 1. The van der Waals surface area contributed by atoms with Crippen LogP contribution in [0.5, 0.6) is 0 Å². The van der Waals surface area contributed by atoms with Gasteiger partial charge >= 0.3 is 5.97 Å². The Morgan fingerprint density at radius 2 is 1.82 bits per heavy atom. The highest BCUT2D eigenvalue weighted by Crippen LogP contribution is 2.80. The van der Waals surface area contributed by atoms with Crippen LogP contribution in [0.2, 0.25) is 0 Å². The molecule has 0 unspecified atom stereocenters. The van der Waals surface area contributed by atoms with Crippen molar-refractivity contribution in [1.82, 2.24) is 4.90 Å². The average molecular weight is 700 g/mol. The van der Waals surface area contributed by atoms with E-state index < -0.39 is 57.9 Å². The first-order chi connectivity index (χ1) is 23.8. The van der Waals surface area contributed by atoms with Crippen LogP contribution in [0.3, 0.4) is 0 Å². The van der Waals surface area contributed by atoms with Crippen LogP contribution in [0.25, 0.3) is 0 Å². The van der Waals surface area contributed by atoms with Crippen molar-refractivity contribution in [3.05, 3.63) is 29.8 Å². The quantitative estimate of drug-likeness (QED) is 0.233. The van der Waals surface area contributed by atoms with Gasteiger partial charge in [-0.25, -0.2) is 4.79 Å². The van der Waals surface area contributed by atoms with E-state index in [1.165, 1.54) is 0 Å². The number of primary amides is 1. The summed E-state index contributed by atoms with van der Waals surface area (Å²) in [7, 11) is 6.69. The summed E-state index contributed by atoms with van der Waals surface area (Å²) < 4.78 is 31.3. The van der Waals surface area contributed by atoms with Gasteiger partial charge in [-0.1, -0.05) is 26.0 Å². The van der Waals surface area contributed by atoms with Crippen molar-refractivity contribution >= 4 is 23.5 Å². The monoisotopic (exact) mass is 699 g/mol. The van der Waals surface area contributed by atoms with Crippen molar-refractivity contribution < 1.29 is 48.3 Å². The van der Waals surface area contributed by atoms with E-state index in [4.69, 9.17) is 29.4 Å². The number of likely N-dealkylation sites (tertiary alicyclic amines) is 1. The number of benzene rings is 1. The smallest absolute Gasteiger partial charge is 0.340 e. The Hall–Kier alpha value is -2.65. The number of fused-ring (bicyclic) bond motifs is 2. The molecule has 0 aromatic heterocycles. The predicted molar refractivity (Wildman–Crippen MR) is 180 cm³/mol. The van der Waals surface area contributed by atoms with Crippen LogP contribution in [0.4, 0.5) is 5.69 Å². The molecule has 1 aliphatic heterocycles. The minimum absolute atomic E-state index is 0.0402. The molecule has 1 aromatic carbocycles. The third-order valence-electron chi connectivity index (χ3n) is 14.2. The molecule has 6 aliphatic rings. The van der Waals surface area contributed by atoms with Crippen LogP contribution in [-0.4, -0.2) is 123 Å². The van der Waals surface area contributed by atoms with Crippen LogP contribution in [0, 0.1) is 40.4 Å². The van der Waals surface area contributed by atoms with Gasteiger partial charge in [0.05, 0.1) is 48.3 Å². The lowest BCUT2D eigenvalue weighted by Gasteiger charge is -2.70. The largest absolute Gasteiger partial charge is 0.461 e. The molecule has 1 aromatic rings. The summed E-state index contributed by atoms with van der Waals surface area (Å²) in [5.74, 6) is -3.02. The number of para-hydroxylation sites is 1. The number of methoxy groups -OCH3 is 4. The Morgan fingerprint density at radius 3 is 2.46 bits per heavy atom. The zero-order valence-electron chi connectivity index (χ0n) is 29.9. The van der Waals surface area contributed by atoms with E-state index >= 15 is 0 Å². The Bertz CT molecular complexity index is 1530. The summed E-state index contributed by atoms with van der Waals surface area (Å²) in [5.41, 5.74) is 1.21. The fourth-order valence-electron chi connectivity index (χ4n) is 12.7. The van der Waals surface area contributed by atoms with Crippen molar-refractivity contribution in [2.45, 2.75) is 87.6 Å². The van der Waals surface area contributed by atoms with E-state index in [0.29, 0.717) is 25.9 Å². The number of piperidine rings is 1. The summed E-state index contributed by atoms with van der Waals surface area (Å²) in [6.07, 6.45) is 0.586. The van der Waals surface area contributed by atoms with E-state index in [-0.39, 0.29) is 72.7 Å². The van der Waals surface area contributed by atoms with E-state index in [2.05, 4.69) is 17.1 Å². The number of nitrogens with two attached hydrogens (primary N) is 1. The van der Waals surface area contributed by atoms with Gasteiger partial charge in [-0.05, 0) is 43.9 Å². The van der Waals surface area contributed by atoms with E-state index in [9.17, 15) is 24.6 Å². The number of nitrogens with zero attached hydrogens (tertiary/aromatic N) is 1. The number of ether oxygens (including phenoxy) is 5. The highest BCUT2D eigenvalue weighted by molar-refractivity contribution is 6.02. The normalized spacial score (nSPS) is 44.4. The molecule has 13 nitrogen and oxygen atoms in total. The SMILES string of the molecule is CCN1C[C@]2(COC(=O)c3ccccc3NC(=O)[C@H](C)CC(N)=O)CC[C@@H](OC)[C@]34[C@@H]5C[C@@H]6[C@@H](OC)[C@H]5[C@](O)(C[C@@H]6OC)[C@@](O)([C@@H](OC)[C@H]23)[C@@H]14. The number of carbonyl (C=O) groups excluding carboxylic acids is 3. The van der Waals surface area contributed by atoms with Gasteiger partial charge in [0.1, 0.15) is 11.2 Å². The fourth-order valence-corrected chi connectivity index (χ4v) is 12.7. The van der Waals surface area contributed by atoms with Gasteiger partial charge in [0.2, 0.25) is 11.8 Å². The van der Waals surface area contributed by atoms with Crippen LogP contribution in [0.15, 0.2) is 24.3 Å². The molecular formula is C37H53N3O10. The van der Waals surface area contributed by atoms with Gasteiger partial charge in [-0.2, -0.15) is 0 Å². The highest BCUT2D eigenvalue weighted by Gasteiger charge is 2.91. The summed E-state index contributed by atoms with van der Waals surface area (Å²) >= 11 is 0. The standard InChI is InChI=1S/C37H53N3O10/c1-7-40-17-34(18-50-32(43)20-10-8-9-11-23(20)39-31(42)19(2)14-26(38)41)13-12-25(47-4)36-22-15-21-24(46-3)16-35(44,27(22)28(21)48-5)37(45,33(36)40)30(49-6)29(34)36/h8-11,19,21-22,24-25,27-30,33,44-45H,7,12-18H2,1-6H3,(H2,38,41)(H,39,42)/t19-,21+,22-,24+,25-,27+,28-,29-,30+,33+,34+,35-,36-,37-/m1/s1. The molecule has 13 heteroatoms. The van der Waals surface area contributed by atoms with Gasteiger partial charge in [0, 0.05) is 82.3 Å². The van der Waals surface area contributed by atoms with Crippen molar-refractivity contribution in [2.24, 2.45) is 46.2 Å². The Morgan fingerprint density at radius 1 is 1.08 bits per heavy atom. The zero-order valence-corrected chi connectivity index (χ0v) is 29.9. The number of amides is 2. The highest BCUT2D eigenvalue weighted by atomic mass is 16.5. The second kappa shape index (κ2) is 12.5. The maximum Gasteiger partial charge on any atom is 0.340 e. The second-order valence-electron chi connectivity index (χ2n) is 15.9. The molecule has 5 N–H and O–H groups in total. The molecule has 2 amide bonds. The number of rotatable bonds is 12. The molecular weight excluding hydrogens is 646 g/mol. The first kappa shape index (κ1) is 35.7. The van der Waals surface area contributed by atoms with Crippen molar-refractivity contribution in [3.8, 4) is 0 Å². The van der Waals surface area contributed by atoms with Gasteiger partial charge < -0.3 is 44.9 Å². The number of anilines is 1. The molecule has 5 saturated carbocycles. The second-order valence-corrected chi connectivity index (χ2v) is 15.9. The van der Waals surface area contributed by atoms with E-state index in [0.717, 1.165) is 6.42 Å². The molecule has 0 radical (unpaired) electrons. The Labute approximate surface area is 293 Å². The zero-order chi connectivity index (χ0) is 36.0. The third-order valence-corrected chi connectivity index (χ3v) is 14.2. The molecule has 50 heavy (non-hydrogen) atoms. The van der Waals surface area contributed by atoms with Gasteiger partial charge in [0.25, 0.3) is 0 Å². The number of hydrogen-bond acceptors (Lipinski definition) is 11. The lowest BCUT2D eigenvalue weighted by molar-refractivity contribution is -0.320. The van der Waals surface area contributed by atoms with Crippen molar-refractivity contribution in [3.63, 3.8) is 0 Å². The molecule has 7 bridgehead atoms. The molecule has 7 rings (SSSR count). The van der Waals surface area contributed by atoms with Gasteiger partial charge in [0.15, 0.2) is 0 Å². The Kier molecular flexibility index (Phi) is 8.93. The number of carbonyl (C=O) groups is 3. The van der Waals surface area contributed by atoms with E-state index in [1.807, 2.05) is 0 Å². The van der Waals surface area contributed by atoms with E-state index in [1.54, 1.807) is 59.6 Å². The van der Waals surface area contributed by atoms with Crippen LogP contribution >= 0.6 is 0 Å². The van der Waals surface area contributed by atoms with Crippen LogP contribution in [0.1, 0.15) is 56.3 Å². The molecule has 1 spiro atoms. The summed E-state index contributed by atoms with van der Waals surface area (Å²) in [5, 5.41) is 29.3. The minimum atomic E-state index is -1.70. The Balaban J connectivity index is 1.29. The lowest BCUT2D eigenvalue weighted by Crippen LogP contribution is -2.82. The predicted octanol–water partition coefficient (Wildman–Crippen LogP) is 1.59. The minimum Gasteiger partial charge on any atom is -0.461 e. The van der Waals surface area contributed by atoms with Crippen LogP contribution < -0.4 is 11.1 Å². The lowest BCUT2D eigenvalue weighted by atomic mass is 9.42. The third kappa shape index (κ3) is 4.46. The fraction of sp³-hybridized carbons (Fsp3) is 0.757. The summed E-state index contributed by atoms with van der Waals surface area (Å²) in [6, 6.07) is 6.16. The number of likely N-dealkylation sites (N-methyl/N-ethyl adjacent to an activating group) is 1. The van der Waals surface area contributed by atoms with Gasteiger partial charge in [-0.3, -0.25) is 14.5 Å². The maximum atomic E-state index is 14.0. The van der Waals surface area contributed by atoms with Crippen molar-refractivity contribution in [1.29, 1.82) is 0 Å². The molecule has 6 fully saturated rings. The number of hydrogen-bond donors (Lipinski definition) is 4. The first-order valence-electron chi connectivity index (χ1n) is 18.0. The molecule has 14 atom stereocenters. The number of aliphatic hydroxyl groups is 2. The van der Waals surface area contributed by atoms with Crippen LogP contribution in [-0.2, 0) is 33.3 Å². The topological polar surface area (TPSA) is 179 Å². The van der Waals surface area contributed by atoms with Crippen molar-refractivity contribution in [2.75, 3.05) is 53.5 Å². The maximum absolute atomic E-state index is 14.0. The molecule has 1 heterocycles. The molecule has 5 aliphatic carbocycles. The number of esters is 1. The average Bonchev–Trinajstić information content (AvgIpc) is 3.52. The first-order valence-corrected chi connectivity index (χ1v) is 18.0. The van der Waals surface area contributed by atoms with Gasteiger partial charge in [-0.15, -0.1) is 0 Å². The summed E-state index contributed by atoms with van der Waals surface area (Å²) in [6.45, 7) is 4.84. The molecule has 276 valence electrons. The molecule has 1 saturated heterocycles.